The van der Waals surface area contributed by atoms with Crippen LogP contribution >= 0.6 is 0 Å². The SMILES string of the molecule is N/C(=C/C(=O)c1ccccc1)C(=O)c1ccccc1. The van der Waals surface area contributed by atoms with E-state index in [1.165, 1.54) is 6.08 Å². The third-order valence-corrected chi connectivity index (χ3v) is 2.64. The maximum atomic E-state index is 12.0. The first-order valence-electron chi connectivity index (χ1n) is 5.85. The number of benzene rings is 2. The van der Waals surface area contributed by atoms with Crippen LogP contribution in [0.3, 0.4) is 0 Å². The van der Waals surface area contributed by atoms with Gasteiger partial charge in [0.25, 0.3) is 0 Å². The van der Waals surface area contributed by atoms with Crippen molar-refractivity contribution in [3.8, 4) is 0 Å². The second kappa shape index (κ2) is 5.78. The highest BCUT2D eigenvalue weighted by molar-refractivity contribution is 6.14. The summed E-state index contributed by atoms with van der Waals surface area (Å²) in [6, 6.07) is 17.3. The molecule has 0 fully saturated rings. The Morgan fingerprint density at radius 2 is 1.26 bits per heavy atom. The van der Waals surface area contributed by atoms with Gasteiger partial charge < -0.3 is 5.73 Å². The van der Waals surface area contributed by atoms with Gasteiger partial charge in [-0.05, 0) is 0 Å². The lowest BCUT2D eigenvalue weighted by Gasteiger charge is -2.01. The Kier molecular flexibility index (Phi) is 3.88. The number of hydrogen-bond donors (Lipinski definition) is 1. The molecule has 0 unspecified atom stereocenters. The second-order valence-electron chi connectivity index (χ2n) is 4.03. The molecule has 19 heavy (non-hydrogen) atoms. The van der Waals surface area contributed by atoms with E-state index in [9.17, 15) is 9.59 Å². The van der Waals surface area contributed by atoms with Gasteiger partial charge in [-0.2, -0.15) is 0 Å². The lowest BCUT2D eigenvalue weighted by atomic mass is 10.1. The molecule has 94 valence electrons. The molecule has 3 nitrogen and oxygen atoms in total. The predicted molar refractivity (Wildman–Crippen MR) is 73.8 cm³/mol. The van der Waals surface area contributed by atoms with Crippen LogP contribution < -0.4 is 5.73 Å². The van der Waals surface area contributed by atoms with Crippen LogP contribution in [0, 0.1) is 0 Å². The van der Waals surface area contributed by atoms with E-state index < -0.39 is 0 Å². The minimum Gasteiger partial charge on any atom is -0.395 e. The van der Waals surface area contributed by atoms with Crippen LogP contribution in [-0.4, -0.2) is 11.6 Å². The lowest BCUT2D eigenvalue weighted by molar-refractivity contribution is 0.101. The average molecular weight is 251 g/mol. The summed E-state index contributed by atoms with van der Waals surface area (Å²) in [7, 11) is 0. The quantitative estimate of drug-likeness (QED) is 0.671. The highest BCUT2D eigenvalue weighted by Crippen LogP contribution is 2.07. The second-order valence-corrected chi connectivity index (χ2v) is 4.03. The Morgan fingerprint density at radius 1 is 0.789 bits per heavy atom. The minimum atomic E-state index is -0.343. The molecule has 0 aliphatic heterocycles. The molecule has 2 aromatic carbocycles. The lowest BCUT2D eigenvalue weighted by Crippen LogP contribution is -2.13. The molecule has 0 saturated carbocycles. The third-order valence-electron chi connectivity index (χ3n) is 2.64. The van der Waals surface area contributed by atoms with Crippen molar-refractivity contribution in [2.24, 2.45) is 5.73 Å². The summed E-state index contributed by atoms with van der Waals surface area (Å²) in [5.74, 6) is -0.618. The molecule has 2 aromatic rings. The maximum Gasteiger partial charge on any atom is 0.208 e. The Balaban J connectivity index is 2.20. The van der Waals surface area contributed by atoms with Crippen molar-refractivity contribution in [2.75, 3.05) is 0 Å². The fraction of sp³-hybridized carbons (Fsp3) is 0. The summed E-state index contributed by atoms with van der Waals surface area (Å²) >= 11 is 0. The molecule has 0 heterocycles. The topological polar surface area (TPSA) is 60.2 Å². The van der Waals surface area contributed by atoms with E-state index in [0.717, 1.165) is 0 Å². The van der Waals surface area contributed by atoms with Crippen LogP contribution in [0.5, 0.6) is 0 Å². The molecule has 3 heteroatoms. The summed E-state index contributed by atoms with van der Waals surface area (Å²) in [6.45, 7) is 0. The zero-order valence-corrected chi connectivity index (χ0v) is 10.2. The van der Waals surface area contributed by atoms with E-state index in [1.54, 1.807) is 48.5 Å². The van der Waals surface area contributed by atoms with Gasteiger partial charge in [0.2, 0.25) is 5.78 Å². The molecule has 0 amide bonds. The molecule has 0 atom stereocenters. The van der Waals surface area contributed by atoms with Crippen molar-refractivity contribution in [3.63, 3.8) is 0 Å². The summed E-state index contributed by atoms with van der Waals surface area (Å²) in [5.41, 5.74) is 6.60. The van der Waals surface area contributed by atoms with Gasteiger partial charge in [-0.1, -0.05) is 60.7 Å². The number of rotatable bonds is 4. The van der Waals surface area contributed by atoms with Crippen molar-refractivity contribution in [1.29, 1.82) is 0 Å². The number of nitrogens with two attached hydrogens (primary N) is 1. The van der Waals surface area contributed by atoms with Gasteiger partial charge in [0.05, 0.1) is 5.70 Å². The normalized spacial score (nSPS) is 11.1. The van der Waals surface area contributed by atoms with Gasteiger partial charge in [-0.25, -0.2) is 0 Å². The highest BCUT2D eigenvalue weighted by Gasteiger charge is 2.10. The Morgan fingerprint density at radius 3 is 1.79 bits per heavy atom. The summed E-state index contributed by atoms with van der Waals surface area (Å²) in [5, 5.41) is 0. The number of ketones is 2. The standard InChI is InChI=1S/C16H13NO2/c17-14(16(19)13-9-5-2-6-10-13)11-15(18)12-7-3-1-4-8-12/h1-11H,17H2/b14-11+. The highest BCUT2D eigenvalue weighted by atomic mass is 16.1. The molecule has 0 aliphatic carbocycles. The van der Waals surface area contributed by atoms with E-state index in [0.29, 0.717) is 11.1 Å². The third kappa shape index (κ3) is 3.16. The van der Waals surface area contributed by atoms with Crippen molar-refractivity contribution < 1.29 is 9.59 Å². The molecule has 0 bridgehead atoms. The molecule has 2 rings (SSSR count). The fourth-order valence-electron chi connectivity index (χ4n) is 1.65. The smallest absolute Gasteiger partial charge is 0.208 e. The van der Waals surface area contributed by atoms with Crippen molar-refractivity contribution in [1.82, 2.24) is 0 Å². The molecule has 0 spiro atoms. The molecular formula is C16H13NO2. The van der Waals surface area contributed by atoms with Crippen LogP contribution in [0.4, 0.5) is 0 Å². The predicted octanol–water partition coefficient (Wildman–Crippen LogP) is 2.59. The number of carbonyl (C=O) groups excluding carboxylic acids is 2. The molecule has 0 radical (unpaired) electrons. The molecule has 0 aliphatic rings. The number of Topliss-reactive ketones (excluding diaryl/α,β-unsaturated/α-hetero) is 1. The largest absolute Gasteiger partial charge is 0.395 e. The van der Waals surface area contributed by atoms with Gasteiger partial charge >= 0.3 is 0 Å². The van der Waals surface area contributed by atoms with Gasteiger partial charge in [-0.15, -0.1) is 0 Å². The Hall–Kier alpha value is -2.68. The molecular weight excluding hydrogens is 238 g/mol. The van der Waals surface area contributed by atoms with Crippen molar-refractivity contribution in [2.45, 2.75) is 0 Å². The van der Waals surface area contributed by atoms with Gasteiger partial charge in [0, 0.05) is 17.2 Å². The van der Waals surface area contributed by atoms with Crippen LogP contribution in [-0.2, 0) is 0 Å². The van der Waals surface area contributed by atoms with Crippen LogP contribution in [0.2, 0.25) is 0 Å². The summed E-state index contributed by atoms with van der Waals surface area (Å²) in [6.07, 6.45) is 1.17. The van der Waals surface area contributed by atoms with E-state index in [-0.39, 0.29) is 17.3 Å². The van der Waals surface area contributed by atoms with Gasteiger partial charge in [0.15, 0.2) is 5.78 Å². The van der Waals surface area contributed by atoms with E-state index in [1.807, 2.05) is 12.1 Å². The first-order valence-corrected chi connectivity index (χ1v) is 5.85. The zero-order chi connectivity index (χ0) is 13.7. The van der Waals surface area contributed by atoms with Crippen LogP contribution in [0.25, 0.3) is 0 Å². The Labute approximate surface area is 111 Å². The van der Waals surface area contributed by atoms with E-state index in [2.05, 4.69) is 0 Å². The first kappa shape index (κ1) is 12.8. The van der Waals surface area contributed by atoms with Crippen LogP contribution in [0.15, 0.2) is 72.4 Å². The van der Waals surface area contributed by atoms with Gasteiger partial charge in [0.1, 0.15) is 0 Å². The minimum absolute atomic E-state index is 0.0555. The number of hydrogen-bond acceptors (Lipinski definition) is 3. The van der Waals surface area contributed by atoms with Crippen molar-refractivity contribution in [3.05, 3.63) is 83.6 Å². The summed E-state index contributed by atoms with van der Waals surface area (Å²) < 4.78 is 0. The molecule has 0 aromatic heterocycles. The van der Waals surface area contributed by atoms with Crippen molar-refractivity contribution >= 4 is 11.6 Å². The van der Waals surface area contributed by atoms with E-state index >= 15 is 0 Å². The molecule has 2 N–H and O–H groups in total. The fourth-order valence-corrected chi connectivity index (χ4v) is 1.65. The Bertz CT molecular complexity index is 616. The van der Waals surface area contributed by atoms with Crippen LogP contribution in [0.1, 0.15) is 20.7 Å². The zero-order valence-electron chi connectivity index (χ0n) is 10.2. The number of carbonyl (C=O) groups is 2. The monoisotopic (exact) mass is 251 g/mol. The first-order chi connectivity index (χ1) is 9.18. The van der Waals surface area contributed by atoms with E-state index in [4.69, 9.17) is 5.73 Å². The molecule has 0 saturated heterocycles. The number of allylic oxidation sites excluding steroid dienone is 2. The average Bonchev–Trinajstić information content (AvgIpc) is 2.48. The summed E-state index contributed by atoms with van der Waals surface area (Å²) in [4.78, 5) is 23.8. The van der Waals surface area contributed by atoms with Gasteiger partial charge in [-0.3, -0.25) is 9.59 Å². The maximum absolute atomic E-state index is 12.0.